The Morgan fingerprint density at radius 3 is 2.19 bits per heavy atom. The lowest BCUT2D eigenvalue weighted by atomic mass is 10.0. The van der Waals surface area contributed by atoms with Gasteiger partial charge in [0.05, 0.1) is 0 Å². The highest BCUT2D eigenvalue weighted by Gasteiger charge is 2.56. The number of carbonyl (C=O) groups is 2. The molecule has 0 aromatic rings. The Hall–Kier alpha value is -1.06. The fraction of sp³-hybridized carbons (Fsp3) is 0.833. The van der Waals surface area contributed by atoms with Crippen molar-refractivity contribution in [3.63, 3.8) is 0 Å². The van der Waals surface area contributed by atoms with Gasteiger partial charge < -0.3 is 10.6 Å². The second kappa shape index (κ2) is 5.32. The molecule has 0 aromatic heterocycles. The third kappa shape index (κ3) is 2.97. The lowest BCUT2D eigenvalue weighted by molar-refractivity contribution is -0.137. The van der Waals surface area contributed by atoms with Gasteiger partial charge in [0.2, 0.25) is 11.8 Å². The molecule has 0 saturated heterocycles. The summed E-state index contributed by atoms with van der Waals surface area (Å²) in [7, 11) is 0. The van der Waals surface area contributed by atoms with Crippen molar-refractivity contribution in [1.82, 2.24) is 10.6 Å². The first-order chi connectivity index (χ1) is 7.53. The van der Waals surface area contributed by atoms with Crippen LogP contribution < -0.4 is 10.6 Å². The zero-order valence-electron chi connectivity index (χ0n) is 10.4. The zero-order chi connectivity index (χ0) is 12.2. The molecule has 0 unspecified atom stereocenters. The number of hydrogen-bond donors (Lipinski definition) is 2. The van der Waals surface area contributed by atoms with E-state index < -0.39 is 5.41 Å². The standard InChI is InChI=1S/C12H22N2O2/c1-4-7-13-10(15)12(5-6-12)11(16)14-8-9(2)3/h9H,4-8H2,1-3H3,(H,13,15)(H,14,16). The molecular formula is C12H22N2O2. The van der Waals surface area contributed by atoms with Gasteiger partial charge in [0.15, 0.2) is 0 Å². The smallest absolute Gasteiger partial charge is 0.235 e. The molecule has 2 amide bonds. The lowest BCUT2D eigenvalue weighted by Crippen LogP contribution is -2.44. The van der Waals surface area contributed by atoms with Crippen LogP contribution >= 0.6 is 0 Å². The molecule has 1 fully saturated rings. The summed E-state index contributed by atoms with van der Waals surface area (Å²) < 4.78 is 0. The van der Waals surface area contributed by atoms with Crippen LogP contribution in [0.2, 0.25) is 0 Å². The Morgan fingerprint density at radius 1 is 1.19 bits per heavy atom. The van der Waals surface area contributed by atoms with E-state index in [-0.39, 0.29) is 11.8 Å². The monoisotopic (exact) mass is 226 g/mol. The number of hydrogen-bond acceptors (Lipinski definition) is 2. The molecule has 0 radical (unpaired) electrons. The van der Waals surface area contributed by atoms with E-state index in [1.165, 1.54) is 0 Å². The van der Waals surface area contributed by atoms with Crippen LogP contribution in [0, 0.1) is 11.3 Å². The van der Waals surface area contributed by atoms with Crippen LogP contribution in [0.1, 0.15) is 40.0 Å². The largest absolute Gasteiger partial charge is 0.355 e. The quantitative estimate of drug-likeness (QED) is 0.665. The summed E-state index contributed by atoms with van der Waals surface area (Å²) in [5.41, 5.74) is -0.746. The number of carbonyl (C=O) groups excluding carboxylic acids is 2. The predicted octanol–water partition coefficient (Wildman–Crippen LogP) is 1.06. The topological polar surface area (TPSA) is 58.2 Å². The van der Waals surface area contributed by atoms with Crippen molar-refractivity contribution in [2.24, 2.45) is 11.3 Å². The molecule has 92 valence electrons. The van der Waals surface area contributed by atoms with Crippen LogP contribution in [-0.2, 0) is 9.59 Å². The third-order valence-corrected chi connectivity index (χ3v) is 2.83. The second-order valence-electron chi connectivity index (χ2n) is 4.94. The summed E-state index contributed by atoms with van der Waals surface area (Å²) in [6, 6.07) is 0. The minimum atomic E-state index is -0.746. The first-order valence-electron chi connectivity index (χ1n) is 6.09. The first-order valence-corrected chi connectivity index (χ1v) is 6.09. The highest BCUT2D eigenvalue weighted by Crippen LogP contribution is 2.46. The van der Waals surface area contributed by atoms with E-state index in [4.69, 9.17) is 0 Å². The van der Waals surface area contributed by atoms with Crippen molar-refractivity contribution < 1.29 is 9.59 Å². The van der Waals surface area contributed by atoms with E-state index in [1.54, 1.807) is 0 Å². The van der Waals surface area contributed by atoms with Crippen LogP contribution in [0.4, 0.5) is 0 Å². The molecular weight excluding hydrogens is 204 g/mol. The maximum atomic E-state index is 11.9. The van der Waals surface area contributed by atoms with Gasteiger partial charge in [-0.3, -0.25) is 9.59 Å². The summed E-state index contributed by atoms with van der Waals surface area (Å²) in [6.45, 7) is 7.37. The molecule has 1 saturated carbocycles. The molecule has 0 spiro atoms. The van der Waals surface area contributed by atoms with E-state index in [2.05, 4.69) is 10.6 Å². The van der Waals surface area contributed by atoms with Gasteiger partial charge in [0, 0.05) is 13.1 Å². The molecule has 0 atom stereocenters. The Kier molecular flexibility index (Phi) is 4.33. The second-order valence-corrected chi connectivity index (χ2v) is 4.94. The highest BCUT2D eigenvalue weighted by atomic mass is 16.2. The van der Waals surface area contributed by atoms with Gasteiger partial charge in [-0.1, -0.05) is 20.8 Å². The van der Waals surface area contributed by atoms with Crippen LogP contribution in [0.25, 0.3) is 0 Å². The van der Waals surface area contributed by atoms with Crippen LogP contribution in [-0.4, -0.2) is 24.9 Å². The third-order valence-electron chi connectivity index (χ3n) is 2.83. The summed E-state index contributed by atoms with van der Waals surface area (Å²) in [4.78, 5) is 23.7. The normalized spacial score (nSPS) is 17.0. The lowest BCUT2D eigenvalue weighted by Gasteiger charge is -2.16. The van der Waals surface area contributed by atoms with Crippen molar-refractivity contribution in [1.29, 1.82) is 0 Å². The van der Waals surface area contributed by atoms with E-state index in [0.717, 1.165) is 6.42 Å². The molecule has 1 aliphatic carbocycles. The number of nitrogens with one attached hydrogen (secondary N) is 2. The number of rotatable bonds is 6. The molecule has 0 bridgehead atoms. The summed E-state index contributed by atoms with van der Waals surface area (Å²) in [6.07, 6.45) is 2.27. The van der Waals surface area contributed by atoms with E-state index in [9.17, 15) is 9.59 Å². The van der Waals surface area contributed by atoms with Gasteiger partial charge in [-0.15, -0.1) is 0 Å². The Labute approximate surface area is 97.2 Å². The van der Waals surface area contributed by atoms with E-state index >= 15 is 0 Å². The Balaban J connectivity index is 2.44. The number of amides is 2. The van der Waals surface area contributed by atoms with Gasteiger partial charge in [-0.25, -0.2) is 0 Å². The van der Waals surface area contributed by atoms with E-state index in [1.807, 2.05) is 20.8 Å². The Bertz CT molecular complexity index is 270. The average Bonchev–Trinajstić information content (AvgIpc) is 3.03. The summed E-state index contributed by atoms with van der Waals surface area (Å²) in [5.74, 6) is 0.212. The SMILES string of the molecule is CCCNC(=O)C1(C(=O)NCC(C)C)CC1. The van der Waals surface area contributed by atoms with Gasteiger partial charge in [0.1, 0.15) is 5.41 Å². The van der Waals surface area contributed by atoms with Gasteiger partial charge in [-0.2, -0.15) is 0 Å². The minimum absolute atomic E-state index is 0.101. The fourth-order valence-electron chi connectivity index (χ4n) is 1.56. The van der Waals surface area contributed by atoms with Crippen LogP contribution in [0.3, 0.4) is 0 Å². The summed E-state index contributed by atoms with van der Waals surface area (Å²) in [5, 5.41) is 5.65. The first kappa shape index (κ1) is 13.0. The molecule has 4 nitrogen and oxygen atoms in total. The summed E-state index contributed by atoms with van der Waals surface area (Å²) >= 11 is 0. The molecule has 16 heavy (non-hydrogen) atoms. The molecule has 4 heteroatoms. The molecule has 0 aromatic carbocycles. The van der Waals surface area contributed by atoms with Crippen molar-refractivity contribution in [2.75, 3.05) is 13.1 Å². The van der Waals surface area contributed by atoms with E-state index in [0.29, 0.717) is 31.8 Å². The van der Waals surface area contributed by atoms with Crippen molar-refractivity contribution in [3.8, 4) is 0 Å². The van der Waals surface area contributed by atoms with Crippen molar-refractivity contribution in [2.45, 2.75) is 40.0 Å². The van der Waals surface area contributed by atoms with Crippen LogP contribution in [0.5, 0.6) is 0 Å². The average molecular weight is 226 g/mol. The molecule has 0 heterocycles. The van der Waals surface area contributed by atoms with Gasteiger partial charge >= 0.3 is 0 Å². The molecule has 1 rings (SSSR count). The minimum Gasteiger partial charge on any atom is -0.355 e. The fourth-order valence-corrected chi connectivity index (χ4v) is 1.56. The maximum absolute atomic E-state index is 11.9. The van der Waals surface area contributed by atoms with Gasteiger partial charge in [-0.05, 0) is 25.2 Å². The molecule has 0 aliphatic heterocycles. The molecule has 1 aliphatic rings. The van der Waals surface area contributed by atoms with Gasteiger partial charge in [0.25, 0.3) is 0 Å². The maximum Gasteiger partial charge on any atom is 0.235 e. The Morgan fingerprint density at radius 2 is 1.75 bits per heavy atom. The van der Waals surface area contributed by atoms with Crippen molar-refractivity contribution in [3.05, 3.63) is 0 Å². The highest BCUT2D eigenvalue weighted by molar-refractivity contribution is 6.07. The zero-order valence-corrected chi connectivity index (χ0v) is 10.4. The molecule has 2 N–H and O–H groups in total. The predicted molar refractivity (Wildman–Crippen MR) is 62.8 cm³/mol. The van der Waals surface area contributed by atoms with Crippen LogP contribution in [0.15, 0.2) is 0 Å². The van der Waals surface area contributed by atoms with Crippen molar-refractivity contribution >= 4 is 11.8 Å².